The molecule has 26 heavy (non-hydrogen) atoms. The van der Waals surface area contributed by atoms with Gasteiger partial charge in [-0.3, -0.25) is 5.41 Å². The molecule has 0 amide bonds. The molecular weight excluding hydrogens is 318 g/mol. The van der Waals surface area contributed by atoms with Crippen LogP contribution in [-0.4, -0.2) is 45.3 Å². The summed E-state index contributed by atoms with van der Waals surface area (Å²) in [5, 5.41) is 8.80. The van der Waals surface area contributed by atoms with Crippen molar-refractivity contribution in [3.8, 4) is 0 Å². The Kier molecular flexibility index (Phi) is 5.38. The first-order chi connectivity index (χ1) is 12.5. The smallest absolute Gasteiger partial charge is 0.0688 e. The first-order valence-corrected chi connectivity index (χ1v) is 8.95. The van der Waals surface area contributed by atoms with Crippen molar-refractivity contribution in [3.63, 3.8) is 0 Å². The van der Waals surface area contributed by atoms with Crippen molar-refractivity contribution < 1.29 is 0 Å². The van der Waals surface area contributed by atoms with Crippen molar-refractivity contribution in [2.45, 2.75) is 5.92 Å². The van der Waals surface area contributed by atoms with Crippen molar-refractivity contribution >= 4 is 11.4 Å². The average molecular weight is 345 g/mol. The molecule has 0 spiro atoms. The number of hydrogen-bond donors (Lipinski definition) is 1. The standard InChI is InChI=1S/C23H27N3/c1-25(2)16-17-10-11-19(14-17)21-13-12-20(26(3)4)15-22(21)23(24)18-8-6-5-7-9-18/h5-15,19,24H,16H2,1-4H3. The maximum Gasteiger partial charge on any atom is 0.0688 e. The van der Waals surface area contributed by atoms with Crippen molar-refractivity contribution in [1.82, 2.24) is 4.90 Å². The van der Waals surface area contributed by atoms with Gasteiger partial charge in [-0.15, -0.1) is 0 Å². The normalized spacial score (nSPS) is 16.0. The molecule has 1 N–H and O–H groups in total. The second kappa shape index (κ2) is 7.71. The van der Waals surface area contributed by atoms with E-state index in [1.54, 1.807) is 0 Å². The fraction of sp³-hybridized carbons (Fsp3) is 0.261. The van der Waals surface area contributed by atoms with Gasteiger partial charge < -0.3 is 9.80 Å². The van der Waals surface area contributed by atoms with E-state index in [9.17, 15) is 0 Å². The van der Waals surface area contributed by atoms with Crippen LogP contribution in [0.3, 0.4) is 0 Å². The van der Waals surface area contributed by atoms with E-state index in [1.807, 2.05) is 44.4 Å². The van der Waals surface area contributed by atoms with Gasteiger partial charge in [0.1, 0.15) is 0 Å². The monoisotopic (exact) mass is 345 g/mol. The Morgan fingerprint density at radius 2 is 1.73 bits per heavy atom. The summed E-state index contributed by atoms with van der Waals surface area (Å²) in [6.45, 7) is 0.939. The SMILES string of the molecule is CN(C)CC1=CC(c2ccc(N(C)C)cc2C(=N)c2ccccc2)C=C1. The molecule has 0 bridgehead atoms. The van der Waals surface area contributed by atoms with Gasteiger partial charge in [0.25, 0.3) is 0 Å². The third-order valence-electron chi connectivity index (χ3n) is 4.65. The molecule has 3 heteroatoms. The number of nitrogens with zero attached hydrogens (tertiary/aromatic N) is 2. The Balaban J connectivity index is 2.02. The first-order valence-electron chi connectivity index (χ1n) is 8.95. The second-order valence-corrected chi connectivity index (χ2v) is 7.27. The third-order valence-corrected chi connectivity index (χ3v) is 4.65. The Morgan fingerprint density at radius 3 is 2.38 bits per heavy atom. The Labute approximate surface area is 156 Å². The summed E-state index contributed by atoms with van der Waals surface area (Å²) in [6, 6.07) is 16.4. The second-order valence-electron chi connectivity index (χ2n) is 7.27. The Bertz CT molecular complexity index is 845. The molecule has 0 aromatic heterocycles. The molecule has 2 aromatic carbocycles. The van der Waals surface area contributed by atoms with Crippen molar-refractivity contribution in [1.29, 1.82) is 5.41 Å². The zero-order valence-corrected chi connectivity index (χ0v) is 16.0. The highest BCUT2D eigenvalue weighted by atomic mass is 15.1. The Morgan fingerprint density at radius 1 is 1.00 bits per heavy atom. The number of anilines is 1. The average Bonchev–Trinajstić information content (AvgIpc) is 3.08. The molecule has 0 heterocycles. The molecule has 0 fully saturated rings. The number of hydrogen-bond acceptors (Lipinski definition) is 3. The number of benzene rings is 2. The molecule has 1 atom stereocenters. The largest absolute Gasteiger partial charge is 0.378 e. The molecule has 3 rings (SSSR count). The third kappa shape index (κ3) is 3.94. The first kappa shape index (κ1) is 18.2. The fourth-order valence-corrected chi connectivity index (χ4v) is 3.32. The van der Waals surface area contributed by atoms with E-state index in [2.05, 4.69) is 60.3 Å². The number of nitrogens with one attached hydrogen (secondary N) is 1. The van der Waals surface area contributed by atoms with Crippen molar-refractivity contribution in [3.05, 3.63) is 89.0 Å². The number of likely N-dealkylation sites (N-methyl/N-ethyl adjacent to an activating group) is 1. The Hall–Kier alpha value is -2.65. The molecule has 134 valence electrons. The van der Waals surface area contributed by atoms with Crippen LogP contribution in [0.5, 0.6) is 0 Å². The summed E-state index contributed by atoms with van der Waals surface area (Å²) in [5.41, 5.74) is 6.16. The number of allylic oxidation sites excluding steroid dienone is 2. The summed E-state index contributed by atoms with van der Waals surface area (Å²) in [4.78, 5) is 4.27. The minimum absolute atomic E-state index is 0.222. The molecule has 2 aromatic rings. The molecular formula is C23H27N3. The maximum atomic E-state index is 8.80. The zero-order chi connectivity index (χ0) is 18.7. The predicted octanol–water partition coefficient (Wildman–Crippen LogP) is 4.31. The van der Waals surface area contributed by atoms with Gasteiger partial charge in [0, 0.05) is 43.4 Å². The highest BCUT2D eigenvalue weighted by Gasteiger charge is 2.19. The lowest BCUT2D eigenvalue weighted by Crippen LogP contribution is -2.14. The lowest BCUT2D eigenvalue weighted by Gasteiger charge is -2.19. The summed E-state index contributed by atoms with van der Waals surface area (Å²) < 4.78 is 0. The summed E-state index contributed by atoms with van der Waals surface area (Å²) in [5.74, 6) is 0.222. The summed E-state index contributed by atoms with van der Waals surface area (Å²) in [6.07, 6.45) is 6.76. The predicted molar refractivity (Wildman–Crippen MR) is 112 cm³/mol. The molecule has 0 saturated heterocycles. The highest BCUT2D eigenvalue weighted by molar-refractivity contribution is 6.12. The lowest BCUT2D eigenvalue weighted by molar-refractivity contribution is 0.449. The molecule has 1 aliphatic carbocycles. The van der Waals surface area contributed by atoms with Crippen LogP contribution in [0.25, 0.3) is 0 Å². The molecule has 1 aliphatic rings. The minimum Gasteiger partial charge on any atom is -0.378 e. The molecule has 0 aliphatic heterocycles. The molecule has 0 saturated carbocycles. The summed E-state index contributed by atoms with van der Waals surface area (Å²) in [7, 11) is 8.25. The molecule has 0 radical (unpaired) electrons. The van der Waals surface area contributed by atoms with Crippen LogP contribution >= 0.6 is 0 Å². The van der Waals surface area contributed by atoms with Crippen LogP contribution in [0.2, 0.25) is 0 Å². The minimum atomic E-state index is 0.222. The van der Waals surface area contributed by atoms with Gasteiger partial charge >= 0.3 is 0 Å². The van der Waals surface area contributed by atoms with Gasteiger partial charge in [-0.05, 0) is 37.4 Å². The van der Waals surface area contributed by atoms with E-state index in [4.69, 9.17) is 5.41 Å². The van der Waals surface area contributed by atoms with E-state index in [-0.39, 0.29) is 5.92 Å². The van der Waals surface area contributed by atoms with Crippen LogP contribution in [0.4, 0.5) is 5.69 Å². The van der Waals surface area contributed by atoms with Crippen LogP contribution in [0.15, 0.2) is 72.3 Å². The van der Waals surface area contributed by atoms with Gasteiger partial charge in [-0.25, -0.2) is 0 Å². The van der Waals surface area contributed by atoms with E-state index in [0.29, 0.717) is 5.71 Å². The van der Waals surface area contributed by atoms with Gasteiger partial charge in [0.05, 0.1) is 5.71 Å². The van der Waals surface area contributed by atoms with Crippen LogP contribution in [-0.2, 0) is 0 Å². The van der Waals surface area contributed by atoms with Gasteiger partial charge in [0.15, 0.2) is 0 Å². The fourth-order valence-electron chi connectivity index (χ4n) is 3.32. The van der Waals surface area contributed by atoms with Crippen molar-refractivity contribution in [2.24, 2.45) is 0 Å². The highest BCUT2D eigenvalue weighted by Crippen LogP contribution is 2.32. The van der Waals surface area contributed by atoms with Crippen LogP contribution in [0.1, 0.15) is 22.6 Å². The van der Waals surface area contributed by atoms with Crippen LogP contribution in [0, 0.1) is 5.41 Å². The van der Waals surface area contributed by atoms with Gasteiger partial charge in [-0.1, -0.05) is 54.6 Å². The molecule has 1 unspecified atom stereocenters. The lowest BCUT2D eigenvalue weighted by atomic mass is 9.89. The van der Waals surface area contributed by atoms with Crippen LogP contribution < -0.4 is 4.90 Å². The number of rotatable bonds is 6. The van der Waals surface area contributed by atoms with E-state index in [0.717, 1.165) is 23.4 Å². The van der Waals surface area contributed by atoms with E-state index < -0.39 is 0 Å². The summed E-state index contributed by atoms with van der Waals surface area (Å²) >= 11 is 0. The quantitative estimate of drug-likeness (QED) is 0.791. The molecule has 3 nitrogen and oxygen atoms in total. The van der Waals surface area contributed by atoms with Gasteiger partial charge in [-0.2, -0.15) is 0 Å². The van der Waals surface area contributed by atoms with E-state index >= 15 is 0 Å². The topological polar surface area (TPSA) is 30.3 Å². The zero-order valence-electron chi connectivity index (χ0n) is 16.0. The van der Waals surface area contributed by atoms with E-state index in [1.165, 1.54) is 11.1 Å². The maximum absolute atomic E-state index is 8.80. The van der Waals surface area contributed by atoms with Crippen molar-refractivity contribution in [2.75, 3.05) is 39.6 Å². The van der Waals surface area contributed by atoms with Gasteiger partial charge in [0.2, 0.25) is 0 Å².